The van der Waals surface area contributed by atoms with Crippen LogP contribution in [0.2, 0.25) is 0 Å². The van der Waals surface area contributed by atoms with Gasteiger partial charge in [0.25, 0.3) is 5.91 Å². The summed E-state index contributed by atoms with van der Waals surface area (Å²) in [5, 5.41) is 5.73. The van der Waals surface area contributed by atoms with E-state index in [1.54, 1.807) is 6.92 Å². The summed E-state index contributed by atoms with van der Waals surface area (Å²) in [6.07, 6.45) is -0.339. The number of alkyl halides is 1. The molecule has 120 valence electrons. The van der Waals surface area contributed by atoms with E-state index in [4.69, 9.17) is 16.3 Å². The zero-order valence-corrected chi connectivity index (χ0v) is 13.7. The van der Waals surface area contributed by atoms with Gasteiger partial charge in [0.2, 0.25) is 0 Å². The number of rotatable bonds is 4. The molecule has 1 heterocycles. The molecule has 1 aromatic rings. The Morgan fingerprint density at radius 2 is 2.00 bits per heavy atom. The Kier molecular flexibility index (Phi) is 5.42. The first-order valence-corrected chi connectivity index (χ1v) is 7.77. The minimum Gasteiger partial charge on any atom is -0.451 e. The molecule has 0 aliphatic carbocycles. The summed E-state index contributed by atoms with van der Waals surface area (Å²) in [7, 11) is 0. The number of nitrogens with one attached hydrogen (secondary N) is 2. The number of carbonyl (C=O) groups excluding carboxylic acids is 2. The van der Waals surface area contributed by atoms with Crippen LogP contribution < -0.4 is 10.6 Å². The zero-order chi connectivity index (χ0) is 16.3. The van der Waals surface area contributed by atoms with Crippen LogP contribution in [0.1, 0.15) is 24.5 Å². The Bertz CT molecular complexity index is 556. The maximum absolute atomic E-state index is 12.2. The Morgan fingerprint density at radius 1 is 1.36 bits per heavy atom. The molecule has 1 fully saturated rings. The molecule has 1 saturated heterocycles. The second-order valence-corrected chi connectivity index (χ2v) is 6.25. The van der Waals surface area contributed by atoms with Gasteiger partial charge in [0.1, 0.15) is 6.04 Å². The van der Waals surface area contributed by atoms with Crippen LogP contribution in [0.25, 0.3) is 0 Å². The number of aryl methyl sites for hydroxylation is 2. The Hall–Kier alpha value is -1.59. The maximum atomic E-state index is 12.2. The zero-order valence-electron chi connectivity index (χ0n) is 13.0. The molecule has 0 spiro atoms. The SMILES string of the molecule is Cc1cccc(C)c1NC(=O)C(C)OC(=O)C1CC(Cl)CN1. The number of hydrogen-bond donors (Lipinski definition) is 2. The number of carbonyl (C=O) groups is 2. The van der Waals surface area contributed by atoms with E-state index in [1.165, 1.54) is 0 Å². The van der Waals surface area contributed by atoms with Crippen molar-refractivity contribution in [1.29, 1.82) is 0 Å². The fourth-order valence-corrected chi connectivity index (χ4v) is 2.69. The predicted octanol–water partition coefficient (Wildman–Crippen LogP) is 2.14. The van der Waals surface area contributed by atoms with Gasteiger partial charge in [0.15, 0.2) is 6.10 Å². The van der Waals surface area contributed by atoms with Crippen LogP contribution in [0.3, 0.4) is 0 Å². The molecule has 2 N–H and O–H groups in total. The van der Waals surface area contributed by atoms with Crippen molar-refractivity contribution < 1.29 is 14.3 Å². The van der Waals surface area contributed by atoms with Crippen molar-refractivity contribution in [2.75, 3.05) is 11.9 Å². The van der Waals surface area contributed by atoms with Crippen molar-refractivity contribution in [2.45, 2.75) is 44.7 Å². The van der Waals surface area contributed by atoms with Crippen LogP contribution in [0, 0.1) is 13.8 Å². The second-order valence-electron chi connectivity index (χ2n) is 5.63. The highest BCUT2D eigenvalue weighted by molar-refractivity contribution is 6.21. The molecule has 1 aliphatic heterocycles. The van der Waals surface area contributed by atoms with Gasteiger partial charge in [-0.15, -0.1) is 11.6 Å². The highest BCUT2D eigenvalue weighted by atomic mass is 35.5. The predicted molar refractivity (Wildman–Crippen MR) is 86.1 cm³/mol. The first-order valence-electron chi connectivity index (χ1n) is 7.33. The molecule has 1 aromatic carbocycles. The van der Waals surface area contributed by atoms with Crippen molar-refractivity contribution in [3.05, 3.63) is 29.3 Å². The average Bonchev–Trinajstić information content (AvgIpc) is 2.89. The highest BCUT2D eigenvalue weighted by Crippen LogP contribution is 2.20. The van der Waals surface area contributed by atoms with E-state index in [-0.39, 0.29) is 11.3 Å². The minimum atomic E-state index is -0.859. The van der Waals surface area contributed by atoms with Gasteiger partial charge in [0.05, 0.1) is 0 Å². The van der Waals surface area contributed by atoms with Gasteiger partial charge in [-0.3, -0.25) is 9.59 Å². The molecule has 1 amide bonds. The first-order chi connectivity index (χ1) is 10.4. The number of hydrogen-bond acceptors (Lipinski definition) is 4. The third-order valence-electron chi connectivity index (χ3n) is 3.75. The standard InChI is InChI=1S/C16H21ClN2O3/c1-9-5-4-6-10(2)14(9)19-15(20)11(3)22-16(21)13-7-12(17)8-18-13/h4-6,11-13,18H,7-8H2,1-3H3,(H,19,20). The topological polar surface area (TPSA) is 67.4 Å². The molecule has 0 aromatic heterocycles. The highest BCUT2D eigenvalue weighted by Gasteiger charge is 2.31. The van der Waals surface area contributed by atoms with Crippen LogP contribution in [0.4, 0.5) is 5.69 Å². The van der Waals surface area contributed by atoms with Gasteiger partial charge >= 0.3 is 5.97 Å². The smallest absolute Gasteiger partial charge is 0.323 e. The van der Waals surface area contributed by atoms with E-state index in [1.807, 2.05) is 32.0 Å². The second kappa shape index (κ2) is 7.11. The van der Waals surface area contributed by atoms with Crippen LogP contribution in [0.15, 0.2) is 18.2 Å². The van der Waals surface area contributed by atoms with Crippen molar-refractivity contribution in [3.63, 3.8) is 0 Å². The molecule has 22 heavy (non-hydrogen) atoms. The largest absolute Gasteiger partial charge is 0.451 e. The van der Waals surface area contributed by atoms with Crippen molar-refractivity contribution in [2.24, 2.45) is 0 Å². The molecule has 6 heteroatoms. The Labute approximate surface area is 135 Å². The van der Waals surface area contributed by atoms with Crippen LogP contribution in [-0.4, -0.2) is 35.9 Å². The van der Waals surface area contributed by atoms with Crippen molar-refractivity contribution in [3.8, 4) is 0 Å². The lowest BCUT2D eigenvalue weighted by Gasteiger charge is -2.18. The summed E-state index contributed by atoms with van der Waals surface area (Å²) in [5.74, 6) is -0.779. The molecule has 3 unspecified atom stereocenters. The first kappa shape index (κ1) is 16.8. The molecule has 1 aliphatic rings. The lowest BCUT2D eigenvalue weighted by molar-refractivity contribution is -0.154. The maximum Gasteiger partial charge on any atom is 0.323 e. The van der Waals surface area contributed by atoms with Gasteiger partial charge in [-0.05, 0) is 38.3 Å². The summed E-state index contributed by atoms with van der Waals surface area (Å²) >= 11 is 5.94. The van der Waals surface area contributed by atoms with Gasteiger partial charge in [-0.2, -0.15) is 0 Å². The quantitative estimate of drug-likeness (QED) is 0.658. The Morgan fingerprint density at radius 3 is 2.55 bits per heavy atom. The third kappa shape index (κ3) is 3.99. The van der Waals surface area contributed by atoms with E-state index in [9.17, 15) is 9.59 Å². The number of amides is 1. The van der Waals surface area contributed by atoms with Crippen LogP contribution in [-0.2, 0) is 14.3 Å². The molecule has 2 rings (SSSR count). The third-order valence-corrected chi connectivity index (χ3v) is 4.09. The monoisotopic (exact) mass is 324 g/mol. The molecule has 5 nitrogen and oxygen atoms in total. The fraction of sp³-hybridized carbons (Fsp3) is 0.500. The molecule has 0 saturated carbocycles. The summed E-state index contributed by atoms with van der Waals surface area (Å²) in [6.45, 7) is 5.98. The molecular weight excluding hydrogens is 304 g/mol. The molecule has 3 atom stereocenters. The van der Waals surface area contributed by atoms with Crippen molar-refractivity contribution >= 4 is 29.2 Å². The number of halogens is 1. The Balaban J connectivity index is 1.93. The number of para-hydroxylation sites is 1. The van der Waals surface area contributed by atoms with Gasteiger partial charge < -0.3 is 15.4 Å². The summed E-state index contributed by atoms with van der Waals surface area (Å²) in [6, 6.07) is 5.33. The lowest BCUT2D eigenvalue weighted by Crippen LogP contribution is -2.38. The summed E-state index contributed by atoms with van der Waals surface area (Å²) in [5.41, 5.74) is 2.69. The fourth-order valence-electron chi connectivity index (χ4n) is 2.42. The van der Waals surface area contributed by atoms with Gasteiger partial charge in [0, 0.05) is 17.6 Å². The molecule has 0 radical (unpaired) electrons. The van der Waals surface area contributed by atoms with E-state index in [0.29, 0.717) is 13.0 Å². The average molecular weight is 325 g/mol. The van der Waals surface area contributed by atoms with E-state index in [2.05, 4.69) is 10.6 Å². The van der Waals surface area contributed by atoms with Crippen LogP contribution in [0.5, 0.6) is 0 Å². The van der Waals surface area contributed by atoms with Crippen molar-refractivity contribution in [1.82, 2.24) is 5.32 Å². The normalized spacial score (nSPS) is 22.2. The molecular formula is C16H21ClN2O3. The van der Waals surface area contributed by atoms with Gasteiger partial charge in [-0.1, -0.05) is 18.2 Å². The lowest BCUT2D eigenvalue weighted by atomic mass is 10.1. The molecule has 0 bridgehead atoms. The van der Waals surface area contributed by atoms with E-state index in [0.717, 1.165) is 16.8 Å². The summed E-state index contributed by atoms with van der Waals surface area (Å²) in [4.78, 5) is 24.2. The number of benzene rings is 1. The minimum absolute atomic E-state index is 0.0729. The van der Waals surface area contributed by atoms with Gasteiger partial charge in [-0.25, -0.2) is 0 Å². The summed E-state index contributed by atoms with van der Waals surface area (Å²) < 4.78 is 5.22. The van der Waals surface area contributed by atoms with E-state index >= 15 is 0 Å². The van der Waals surface area contributed by atoms with Crippen LogP contribution >= 0.6 is 11.6 Å². The van der Waals surface area contributed by atoms with E-state index < -0.39 is 18.1 Å². The number of esters is 1. The number of ether oxygens (including phenoxy) is 1. The number of anilines is 1.